The number of amides is 1. The van der Waals surface area contributed by atoms with Gasteiger partial charge in [0.2, 0.25) is 5.78 Å². The van der Waals surface area contributed by atoms with Gasteiger partial charge in [-0.05, 0) is 60.9 Å². The second-order valence-electron chi connectivity index (χ2n) is 6.78. The summed E-state index contributed by atoms with van der Waals surface area (Å²) in [5.74, 6) is 0.163. The lowest BCUT2D eigenvalue weighted by Gasteiger charge is -2.10. The summed E-state index contributed by atoms with van der Waals surface area (Å²) in [6.07, 6.45) is 7.12. The molecule has 0 unspecified atom stereocenters. The lowest BCUT2D eigenvalue weighted by Crippen LogP contribution is -2.11. The molecular weight excluding hydrogens is 450 g/mol. The van der Waals surface area contributed by atoms with E-state index in [0.29, 0.717) is 28.9 Å². The first-order chi connectivity index (χ1) is 14.5. The van der Waals surface area contributed by atoms with Crippen LogP contribution in [0.2, 0.25) is 0 Å². The number of rotatable bonds is 6. The molecule has 0 saturated heterocycles. The first-order valence-electron chi connectivity index (χ1n) is 9.36. The average Bonchev–Trinajstić information content (AvgIpc) is 3.10. The van der Waals surface area contributed by atoms with Gasteiger partial charge in [0.1, 0.15) is 23.6 Å². The molecule has 1 aliphatic rings. The van der Waals surface area contributed by atoms with Crippen molar-refractivity contribution in [2.45, 2.75) is 12.8 Å². The van der Waals surface area contributed by atoms with Crippen LogP contribution in [0.3, 0.4) is 0 Å². The second-order valence-corrected chi connectivity index (χ2v) is 7.69. The van der Waals surface area contributed by atoms with Crippen molar-refractivity contribution in [3.8, 4) is 5.75 Å². The van der Waals surface area contributed by atoms with E-state index < -0.39 is 11.9 Å². The van der Waals surface area contributed by atoms with Crippen molar-refractivity contribution in [3.05, 3.63) is 82.1 Å². The summed E-state index contributed by atoms with van der Waals surface area (Å²) in [6.45, 7) is 0.467. The molecule has 4 rings (SSSR count). The molecule has 0 spiro atoms. The van der Waals surface area contributed by atoms with Crippen molar-refractivity contribution < 1.29 is 23.8 Å². The number of benzene rings is 2. The third-order valence-corrected chi connectivity index (χ3v) is 5.18. The minimum Gasteiger partial charge on any atom is -0.489 e. The van der Waals surface area contributed by atoms with Gasteiger partial charge >= 0.3 is 6.09 Å². The lowest BCUT2D eigenvalue weighted by molar-refractivity contribution is 0.101. The summed E-state index contributed by atoms with van der Waals surface area (Å²) in [5.41, 5.74) is 2.03. The van der Waals surface area contributed by atoms with Crippen molar-refractivity contribution in [3.63, 3.8) is 0 Å². The highest BCUT2D eigenvalue weighted by molar-refractivity contribution is 9.10. The van der Waals surface area contributed by atoms with E-state index in [9.17, 15) is 14.7 Å². The fourth-order valence-electron chi connectivity index (χ4n) is 3.24. The van der Waals surface area contributed by atoms with E-state index in [1.54, 1.807) is 42.5 Å². The number of furan rings is 1. The summed E-state index contributed by atoms with van der Waals surface area (Å²) >= 11 is 3.35. The first kappa shape index (κ1) is 20.0. The van der Waals surface area contributed by atoms with Crippen LogP contribution in [0, 0.1) is 0 Å². The Morgan fingerprint density at radius 2 is 1.93 bits per heavy atom. The monoisotopic (exact) mass is 467 g/mol. The predicted molar refractivity (Wildman–Crippen MR) is 117 cm³/mol. The lowest BCUT2D eigenvalue weighted by atomic mass is 10.1. The Balaban J connectivity index is 1.58. The number of fused-ring (bicyclic) bond motifs is 1. The van der Waals surface area contributed by atoms with Crippen molar-refractivity contribution in [2.75, 3.05) is 11.9 Å². The van der Waals surface area contributed by atoms with E-state index >= 15 is 0 Å². The molecule has 30 heavy (non-hydrogen) atoms. The number of carbonyl (C=O) groups excluding carboxylic acids is 1. The second kappa shape index (κ2) is 8.59. The molecule has 2 N–H and O–H groups in total. The fourth-order valence-corrected chi connectivity index (χ4v) is 3.60. The number of nitrogens with one attached hydrogen (secondary N) is 1. The highest BCUT2D eigenvalue weighted by atomic mass is 79.9. The van der Waals surface area contributed by atoms with Gasteiger partial charge in [-0.2, -0.15) is 0 Å². The van der Waals surface area contributed by atoms with Crippen molar-refractivity contribution in [1.29, 1.82) is 0 Å². The number of allylic oxidation sites excluding steroid dienone is 2. The zero-order chi connectivity index (χ0) is 21.1. The van der Waals surface area contributed by atoms with E-state index in [-0.39, 0.29) is 11.4 Å². The quantitative estimate of drug-likeness (QED) is 0.423. The van der Waals surface area contributed by atoms with Crippen LogP contribution < -0.4 is 10.1 Å². The van der Waals surface area contributed by atoms with Gasteiger partial charge in [0.05, 0.1) is 0 Å². The average molecular weight is 468 g/mol. The number of anilines is 1. The van der Waals surface area contributed by atoms with Crippen LogP contribution in [0.15, 0.2) is 75.2 Å². The molecule has 0 atom stereocenters. The van der Waals surface area contributed by atoms with E-state index in [1.165, 1.54) is 0 Å². The minimum absolute atomic E-state index is 0.0586. The smallest absolute Gasteiger partial charge is 0.409 e. The molecule has 2 aromatic carbocycles. The van der Waals surface area contributed by atoms with Crippen molar-refractivity contribution in [1.82, 2.24) is 0 Å². The number of carboxylic acid groups (broad SMARTS) is 1. The molecule has 0 fully saturated rings. The maximum absolute atomic E-state index is 13.0. The van der Waals surface area contributed by atoms with Gasteiger partial charge in [0, 0.05) is 15.4 Å². The molecule has 3 aromatic rings. The van der Waals surface area contributed by atoms with Crippen molar-refractivity contribution >= 4 is 44.5 Å². The zero-order valence-electron chi connectivity index (χ0n) is 15.9. The molecule has 152 valence electrons. The number of halogens is 1. The van der Waals surface area contributed by atoms with Gasteiger partial charge in [-0.25, -0.2) is 4.79 Å². The van der Waals surface area contributed by atoms with Crippen LogP contribution in [-0.2, 0) is 0 Å². The van der Waals surface area contributed by atoms with Gasteiger partial charge < -0.3 is 14.3 Å². The fraction of sp³-hybridized carbons (Fsp3) is 0.130. The van der Waals surface area contributed by atoms with Crippen LogP contribution >= 0.6 is 15.9 Å². The van der Waals surface area contributed by atoms with E-state index in [2.05, 4.69) is 39.5 Å². The zero-order valence-corrected chi connectivity index (χ0v) is 17.4. The van der Waals surface area contributed by atoms with Gasteiger partial charge in [-0.15, -0.1) is 0 Å². The van der Waals surface area contributed by atoms with Gasteiger partial charge in [-0.3, -0.25) is 10.1 Å². The molecule has 0 saturated carbocycles. The van der Waals surface area contributed by atoms with Crippen LogP contribution in [0.4, 0.5) is 10.5 Å². The number of ketones is 1. The molecule has 1 heterocycles. The third-order valence-electron chi connectivity index (χ3n) is 4.68. The third kappa shape index (κ3) is 4.31. The standard InChI is InChI=1S/C23H18BrNO5/c24-16-8-11-19-18(12-16)20(25-23(27)28)22(30-19)21(26)15-6-9-17(10-7-15)29-13-14-4-2-1-3-5-14/h2,4-12,25H,1,3,13H2,(H,27,28). The summed E-state index contributed by atoms with van der Waals surface area (Å²) in [7, 11) is 0. The SMILES string of the molecule is O=C(O)Nc1c(C(=O)c2ccc(OCC3=CCCC=C3)cc2)oc2ccc(Br)cc12. The van der Waals surface area contributed by atoms with Crippen LogP contribution in [0.5, 0.6) is 5.75 Å². The Hall–Kier alpha value is -3.32. The highest BCUT2D eigenvalue weighted by Crippen LogP contribution is 2.34. The molecule has 0 bridgehead atoms. The van der Waals surface area contributed by atoms with Gasteiger partial charge in [0.25, 0.3) is 0 Å². The number of ether oxygens (including phenoxy) is 1. The normalized spacial score (nSPS) is 13.2. The Labute approximate surface area is 181 Å². The Kier molecular flexibility index (Phi) is 5.72. The largest absolute Gasteiger partial charge is 0.489 e. The van der Waals surface area contributed by atoms with Crippen LogP contribution in [0.1, 0.15) is 29.0 Å². The van der Waals surface area contributed by atoms with Gasteiger partial charge in [-0.1, -0.05) is 34.2 Å². The summed E-state index contributed by atoms with van der Waals surface area (Å²) in [5, 5.41) is 12.0. The maximum Gasteiger partial charge on any atom is 0.409 e. The minimum atomic E-state index is -1.28. The number of hydrogen-bond acceptors (Lipinski definition) is 4. The molecule has 6 nitrogen and oxygen atoms in total. The Morgan fingerprint density at radius 3 is 2.63 bits per heavy atom. The highest BCUT2D eigenvalue weighted by Gasteiger charge is 2.23. The molecule has 1 amide bonds. The number of carbonyl (C=O) groups is 2. The molecule has 0 radical (unpaired) electrons. The maximum atomic E-state index is 13.0. The predicted octanol–water partition coefficient (Wildman–Crippen LogP) is 6.17. The Morgan fingerprint density at radius 1 is 1.13 bits per heavy atom. The Bertz CT molecular complexity index is 1170. The van der Waals surface area contributed by atoms with Crippen LogP contribution in [-0.4, -0.2) is 23.6 Å². The first-order valence-corrected chi connectivity index (χ1v) is 10.2. The molecule has 0 aliphatic heterocycles. The van der Waals surface area contributed by atoms with E-state index in [0.717, 1.165) is 22.9 Å². The van der Waals surface area contributed by atoms with E-state index in [1.807, 2.05) is 0 Å². The van der Waals surface area contributed by atoms with Gasteiger partial charge in [0.15, 0.2) is 5.76 Å². The molecule has 1 aliphatic carbocycles. The molecule has 7 heteroatoms. The molecule has 1 aromatic heterocycles. The van der Waals surface area contributed by atoms with Crippen molar-refractivity contribution in [2.24, 2.45) is 0 Å². The van der Waals surface area contributed by atoms with E-state index in [4.69, 9.17) is 9.15 Å². The van der Waals surface area contributed by atoms with Crippen LogP contribution in [0.25, 0.3) is 11.0 Å². The summed E-state index contributed by atoms with van der Waals surface area (Å²) in [4.78, 5) is 24.3. The summed E-state index contributed by atoms with van der Waals surface area (Å²) < 4.78 is 12.2. The molecular formula is C23H18BrNO5. The number of hydrogen-bond donors (Lipinski definition) is 2. The topological polar surface area (TPSA) is 88.8 Å². The summed E-state index contributed by atoms with van der Waals surface area (Å²) in [6, 6.07) is 11.8.